The van der Waals surface area contributed by atoms with E-state index in [1.807, 2.05) is 19.0 Å². The average molecular weight is 301 g/mol. The Hall–Kier alpha value is -1.18. The number of rotatable bonds is 3. The summed E-state index contributed by atoms with van der Waals surface area (Å²) in [6.45, 7) is 0.941. The van der Waals surface area contributed by atoms with Crippen LogP contribution in [-0.4, -0.2) is 50.8 Å². The normalized spacial score (nSPS) is 21.3. The van der Waals surface area contributed by atoms with E-state index in [2.05, 4.69) is 0 Å². The molecule has 0 radical (unpaired) electrons. The minimum absolute atomic E-state index is 0.0517. The largest absolute Gasteiger partial charge is 0.396 e. The Morgan fingerprint density at radius 3 is 2.70 bits per heavy atom. The molecule has 0 spiro atoms. The van der Waals surface area contributed by atoms with Crippen LogP contribution in [0.2, 0.25) is 0 Å². The van der Waals surface area contributed by atoms with Gasteiger partial charge in [0.05, 0.1) is 10.6 Å². The standard InChI is InChI=1S/C13H20FN3O2S/c1-16(2)10-4-3-7-17(9-10)20(18,19)11-5-6-12(14)13(15)8-11/h5-6,8,10H,3-4,7,9,15H2,1-2H3. The summed E-state index contributed by atoms with van der Waals surface area (Å²) in [6, 6.07) is 3.75. The molecular formula is C13H20FN3O2S. The number of likely N-dealkylation sites (N-methyl/N-ethyl adjacent to an activating group) is 1. The quantitative estimate of drug-likeness (QED) is 0.850. The first kappa shape index (κ1) is 15.2. The molecule has 1 unspecified atom stereocenters. The van der Waals surface area contributed by atoms with Crippen molar-refractivity contribution >= 4 is 15.7 Å². The second-order valence-corrected chi connectivity index (χ2v) is 7.24. The predicted molar refractivity (Wildman–Crippen MR) is 76.3 cm³/mol. The highest BCUT2D eigenvalue weighted by Gasteiger charge is 2.31. The summed E-state index contributed by atoms with van der Waals surface area (Å²) in [4.78, 5) is 2.08. The van der Waals surface area contributed by atoms with E-state index < -0.39 is 15.8 Å². The van der Waals surface area contributed by atoms with Gasteiger partial charge in [-0.3, -0.25) is 0 Å². The fourth-order valence-electron chi connectivity index (χ4n) is 2.39. The predicted octanol–water partition coefficient (Wildman–Crippen LogP) is 1.12. The van der Waals surface area contributed by atoms with Gasteiger partial charge in [0, 0.05) is 19.1 Å². The van der Waals surface area contributed by atoms with Gasteiger partial charge in [-0.05, 0) is 45.1 Å². The molecule has 112 valence electrons. The van der Waals surface area contributed by atoms with Crippen LogP contribution in [0, 0.1) is 5.82 Å². The van der Waals surface area contributed by atoms with E-state index in [1.165, 1.54) is 16.4 Å². The summed E-state index contributed by atoms with van der Waals surface area (Å²) >= 11 is 0. The summed E-state index contributed by atoms with van der Waals surface area (Å²) in [7, 11) is 0.275. The Morgan fingerprint density at radius 2 is 2.10 bits per heavy atom. The number of halogens is 1. The van der Waals surface area contributed by atoms with Crippen LogP contribution < -0.4 is 5.73 Å². The summed E-state index contributed by atoms with van der Waals surface area (Å²) in [5.41, 5.74) is 5.31. The lowest BCUT2D eigenvalue weighted by molar-refractivity contribution is 0.190. The molecule has 1 aliphatic heterocycles. The number of hydrogen-bond donors (Lipinski definition) is 1. The van der Waals surface area contributed by atoms with Crippen molar-refractivity contribution in [3.8, 4) is 0 Å². The van der Waals surface area contributed by atoms with Gasteiger partial charge in [0.1, 0.15) is 5.82 Å². The monoisotopic (exact) mass is 301 g/mol. The van der Waals surface area contributed by atoms with Crippen LogP contribution in [0.4, 0.5) is 10.1 Å². The minimum Gasteiger partial charge on any atom is -0.396 e. The van der Waals surface area contributed by atoms with Gasteiger partial charge in [-0.15, -0.1) is 0 Å². The second kappa shape index (κ2) is 5.67. The van der Waals surface area contributed by atoms with Crippen molar-refractivity contribution < 1.29 is 12.8 Å². The summed E-state index contributed by atoms with van der Waals surface area (Å²) in [6.07, 6.45) is 1.79. The summed E-state index contributed by atoms with van der Waals surface area (Å²) in [5, 5.41) is 0. The molecule has 0 aromatic heterocycles. The fourth-order valence-corrected chi connectivity index (χ4v) is 3.94. The first-order valence-corrected chi connectivity index (χ1v) is 7.98. The van der Waals surface area contributed by atoms with E-state index in [-0.39, 0.29) is 16.6 Å². The molecule has 2 N–H and O–H groups in total. The average Bonchev–Trinajstić information content (AvgIpc) is 2.42. The Bertz CT molecular complexity index is 589. The molecule has 1 aromatic carbocycles. The molecule has 1 atom stereocenters. The lowest BCUT2D eigenvalue weighted by Crippen LogP contribution is -2.47. The fraction of sp³-hybridized carbons (Fsp3) is 0.538. The number of benzene rings is 1. The minimum atomic E-state index is -3.61. The highest BCUT2D eigenvalue weighted by molar-refractivity contribution is 7.89. The molecule has 1 aromatic rings. The lowest BCUT2D eigenvalue weighted by atomic mass is 10.1. The van der Waals surface area contributed by atoms with Gasteiger partial charge in [0.15, 0.2) is 0 Å². The van der Waals surface area contributed by atoms with Crippen molar-refractivity contribution in [2.45, 2.75) is 23.8 Å². The molecular weight excluding hydrogens is 281 g/mol. The molecule has 7 heteroatoms. The number of nitrogen functional groups attached to an aromatic ring is 1. The molecule has 1 fully saturated rings. The van der Waals surface area contributed by atoms with E-state index in [9.17, 15) is 12.8 Å². The first-order valence-electron chi connectivity index (χ1n) is 6.54. The molecule has 1 saturated heterocycles. The van der Waals surface area contributed by atoms with Crippen molar-refractivity contribution in [3.63, 3.8) is 0 Å². The molecule has 0 aliphatic carbocycles. The van der Waals surface area contributed by atoms with Crippen molar-refractivity contribution in [1.29, 1.82) is 0 Å². The number of piperidine rings is 1. The zero-order valence-electron chi connectivity index (χ0n) is 11.7. The maximum atomic E-state index is 13.2. The molecule has 1 heterocycles. The molecule has 5 nitrogen and oxygen atoms in total. The molecule has 0 bridgehead atoms. The van der Waals surface area contributed by atoms with E-state index in [0.29, 0.717) is 13.1 Å². The van der Waals surface area contributed by atoms with Crippen LogP contribution in [0.5, 0.6) is 0 Å². The van der Waals surface area contributed by atoms with E-state index >= 15 is 0 Å². The van der Waals surface area contributed by atoms with Crippen LogP contribution in [-0.2, 0) is 10.0 Å². The van der Waals surface area contributed by atoms with Gasteiger partial charge in [-0.1, -0.05) is 0 Å². The summed E-state index contributed by atoms with van der Waals surface area (Å²) < 4.78 is 39.7. The van der Waals surface area contributed by atoms with Crippen LogP contribution in [0.3, 0.4) is 0 Å². The highest BCUT2D eigenvalue weighted by Crippen LogP contribution is 2.24. The highest BCUT2D eigenvalue weighted by atomic mass is 32.2. The van der Waals surface area contributed by atoms with Crippen molar-refractivity contribution in [2.75, 3.05) is 32.9 Å². The van der Waals surface area contributed by atoms with Crippen LogP contribution in [0.1, 0.15) is 12.8 Å². The summed E-state index contributed by atoms with van der Waals surface area (Å²) in [5.74, 6) is -0.603. The molecule has 20 heavy (non-hydrogen) atoms. The zero-order chi connectivity index (χ0) is 14.9. The number of sulfonamides is 1. The number of hydrogen-bond acceptors (Lipinski definition) is 4. The van der Waals surface area contributed by atoms with Gasteiger partial charge in [0.2, 0.25) is 10.0 Å². The van der Waals surface area contributed by atoms with Gasteiger partial charge in [-0.2, -0.15) is 4.31 Å². The smallest absolute Gasteiger partial charge is 0.243 e. The van der Waals surface area contributed by atoms with Crippen LogP contribution >= 0.6 is 0 Å². The maximum Gasteiger partial charge on any atom is 0.243 e. The molecule has 2 rings (SSSR count). The zero-order valence-corrected chi connectivity index (χ0v) is 12.5. The first-order chi connectivity index (χ1) is 9.32. The third kappa shape index (κ3) is 2.94. The maximum absolute atomic E-state index is 13.2. The SMILES string of the molecule is CN(C)C1CCCN(S(=O)(=O)c2ccc(F)c(N)c2)C1. The Labute approximate surface area is 119 Å². The van der Waals surface area contributed by atoms with E-state index in [0.717, 1.165) is 18.9 Å². The van der Waals surface area contributed by atoms with E-state index in [4.69, 9.17) is 5.73 Å². The van der Waals surface area contributed by atoms with Crippen molar-refractivity contribution in [3.05, 3.63) is 24.0 Å². The van der Waals surface area contributed by atoms with Crippen LogP contribution in [0.15, 0.2) is 23.1 Å². The van der Waals surface area contributed by atoms with Gasteiger partial charge < -0.3 is 10.6 Å². The van der Waals surface area contributed by atoms with Gasteiger partial charge in [-0.25, -0.2) is 12.8 Å². The van der Waals surface area contributed by atoms with E-state index in [1.54, 1.807) is 0 Å². The third-order valence-corrected chi connectivity index (χ3v) is 5.56. The van der Waals surface area contributed by atoms with Gasteiger partial charge in [0.25, 0.3) is 0 Å². The second-order valence-electron chi connectivity index (χ2n) is 5.31. The number of nitrogens with zero attached hydrogens (tertiary/aromatic N) is 2. The number of nitrogens with two attached hydrogens (primary N) is 1. The van der Waals surface area contributed by atoms with Crippen LogP contribution in [0.25, 0.3) is 0 Å². The molecule has 0 amide bonds. The Balaban J connectivity index is 2.27. The van der Waals surface area contributed by atoms with Gasteiger partial charge >= 0.3 is 0 Å². The Kier molecular flexibility index (Phi) is 4.31. The molecule has 1 aliphatic rings. The third-order valence-electron chi connectivity index (χ3n) is 3.69. The van der Waals surface area contributed by atoms with Crippen molar-refractivity contribution in [2.24, 2.45) is 0 Å². The Morgan fingerprint density at radius 1 is 1.40 bits per heavy atom. The number of anilines is 1. The van der Waals surface area contributed by atoms with Crippen molar-refractivity contribution in [1.82, 2.24) is 9.21 Å². The lowest BCUT2D eigenvalue weighted by Gasteiger charge is -2.35. The molecule has 0 saturated carbocycles. The topological polar surface area (TPSA) is 66.6 Å².